The largest absolute Gasteiger partial charge is 0.376 e. The van der Waals surface area contributed by atoms with E-state index in [1.54, 1.807) is 11.1 Å². The average Bonchev–Trinajstić information content (AvgIpc) is 3.04. The predicted octanol–water partition coefficient (Wildman–Crippen LogP) is 2.58. The molecule has 0 spiro atoms. The molecular formula is C18H23N3O2. The molecule has 2 heterocycles. The van der Waals surface area contributed by atoms with Crippen molar-refractivity contribution in [3.8, 4) is 11.4 Å². The summed E-state index contributed by atoms with van der Waals surface area (Å²) in [6.45, 7) is 1.77. The van der Waals surface area contributed by atoms with Gasteiger partial charge in [0.05, 0.1) is 6.10 Å². The van der Waals surface area contributed by atoms with Gasteiger partial charge in [-0.3, -0.25) is 4.79 Å². The number of likely N-dealkylation sites (N-methyl/N-ethyl adjacent to an activating group) is 1. The first-order chi connectivity index (χ1) is 11.2. The summed E-state index contributed by atoms with van der Waals surface area (Å²) >= 11 is 0. The van der Waals surface area contributed by atoms with Crippen LogP contribution >= 0.6 is 0 Å². The third-order valence-electron chi connectivity index (χ3n) is 4.23. The van der Waals surface area contributed by atoms with E-state index < -0.39 is 0 Å². The normalized spacial score (nSPS) is 17.9. The van der Waals surface area contributed by atoms with Crippen LogP contribution < -0.4 is 0 Å². The van der Waals surface area contributed by atoms with Crippen LogP contribution in [0.1, 0.15) is 19.3 Å². The maximum atomic E-state index is 12.5. The van der Waals surface area contributed by atoms with Crippen LogP contribution in [0.5, 0.6) is 0 Å². The van der Waals surface area contributed by atoms with Gasteiger partial charge in [0.2, 0.25) is 5.91 Å². The van der Waals surface area contributed by atoms with Gasteiger partial charge in [0, 0.05) is 38.2 Å². The monoisotopic (exact) mass is 313 g/mol. The van der Waals surface area contributed by atoms with Crippen LogP contribution in [0.25, 0.3) is 11.4 Å². The number of ether oxygens (including phenoxy) is 1. The van der Waals surface area contributed by atoms with Crippen molar-refractivity contribution in [1.82, 2.24) is 14.5 Å². The fraction of sp³-hybridized carbons (Fsp3) is 0.444. The summed E-state index contributed by atoms with van der Waals surface area (Å²) in [4.78, 5) is 18.6. The van der Waals surface area contributed by atoms with E-state index in [0.717, 1.165) is 30.8 Å². The van der Waals surface area contributed by atoms with Crippen LogP contribution in [0.15, 0.2) is 42.7 Å². The Hall–Kier alpha value is -2.14. The highest BCUT2D eigenvalue weighted by Crippen LogP contribution is 2.17. The standard InChI is InChI=1S/C18H23N3O2/c1-20(13-16-9-5-6-12-23-16)17(22)14-21-11-10-19-18(21)15-7-3-2-4-8-15/h2-4,7-8,10-11,16H,5-6,9,12-14H2,1H3/t16-/m0/s1. The van der Waals surface area contributed by atoms with E-state index >= 15 is 0 Å². The summed E-state index contributed by atoms with van der Waals surface area (Å²) in [5, 5.41) is 0. The first-order valence-electron chi connectivity index (χ1n) is 8.16. The summed E-state index contributed by atoms with van der Waals surface area (Å²) in [6, 6.07) is 9.93. The Bertz CT molecular complexity index is 633. The molecule has 0 bridgehead atoms. The fourth-order valence-corrected chi connectivity index (χ4v) is 2.91. The van der Waals surface area contributed by atoms with Crippen LogP contribution in [0.2, 0.25) is 0 Å². The number of nitrogens with zero attached hydrogens (tertiary/aromatic N) is 3. The number of benzene rings is 1. The summed E-state index contributed by atoms with van der Waals surface area (Å²) < 4.78 is 7.61. The minimum atomic E-state index is 0.0781. The molecule has 122 valence electrons. The maximum Gasteiger partial charge on any atom is 0.242 e. The van der Waals surface area contributed by atoms with E-state index in [9.17, 15) is 4.79 Å². The van der Waals surface area contributed by atoms with Crippen molar-refractivity contribution < 1.29 is 9.53 Å². The number of carbonyl (C=O) groups is 1. The number of aromatic nitrogens is 2. The average molecular weight is 313 g/mol. The molecule has 0 aliphatic carbocycles. The van der Waals surface area contributed by atoms with Crippen molar-refractivity contribution >= 4 is 5.91 Å². The van der Waals surface area contributed by atoms with Crippen LogP contribution in [-0.4, -0.2) is 46.7 Å². The highest BCUT2D eigenvalue weighted by molar-refractivity contribution is 5.76. The smallest absolute Gasteiger partial charge is 0.242 e. The number of carbonyl (C=O) groups excluding carboxylic acids is 1. The lowest BCUT2D eigenvalue weighted by Gasteiger charge is -2.27. The topological polar surface area (TPSA) is 47.4 Å². The Kier molecular flexibility index (Phi) is 5.08. The van der Waals surface area contributed by atoms with Gasteiger partial charge in [-0.1, -0.05) is 30.3 Å². The number of hydrogen-bond acceptors (Lipinski definition) is 3. The van der Waals surface area contributed by atoms with Crippen molar-refractivity contribution in [1.29, 1.82) is 0 Å². The van der Waals surface area contributed by atoms with Crippen molar-refractivity contribution in [2.75, 3.05) is 20.2 Å². The SMILES string of the molecule is CN(C[C@@H]1CCCCO1)C(=O)Cn1ccnc1-c1ccccc1. The minimum Gasteiger partial charge on any atom is -0.376 e. The first kappa shape index (κ1) is 15.7. The molecule has 2 aromatic rings. The Morgan fingerprint density at radius 2 is 2.17 bits per heavy atom. The second-order valence-corrected chi connectivity index (χ2v) is 6.01. The predicted molar refractivity (Wildman–Crippen MR) is 88.9 cm³/mol. The van der Waals surface area contributed by atoms with E-state index in [0.29, 0.717) is 13.1 Å². The van der Waals surface area contributed by atoms with Gasteiger partial charge in [-0.05, 0) is 19.3 Å². The van der Waals surface area contributed by atoms with Crippen molar-refractivity contribution in [3.05, 3.63) is 42.7 Å². The summed E-state index contributed by atoms with van der Waals surface area (Å²) in [7, 11) is 1.85. The van der Waals surface area contributed by atoms with Gasteiger partial charge in [-0.25, -0.2) is 4.98 Å². The van der Waals surface area contributed by atoms with Crippen molar-refractivity contribution in [2.45, 2.75) is 31.9 Å². The van der Waals surface area contributed by atoms with Gasteiger partial charge in [-0.2, -0.15) is 0 Å². The van der Waals surface area contributed by atoms with E-state index in [-0.39, 0.29) is 12.0 Å². The molecule has 1 atom stereocenters. The first-order valence-corrected chi connectivity index (χ1v) is 8.16. The third-order valence-corrected chi connectivity index (χ3v) is 4.23. The zero-order valence-corrected chi connectivity index (χ0v) is 13.5. The van der Waals surface area contributed by atoms with Gasteiger partial charge in [0.25, 0.3) is 0 Å². The van der Waals surface area contributed by atoms with Crippen LogP contribution in [0.3, 0.4) is 0 Å². The second kappa shape index (κ2) is 7.42. The Balaban J connectivity index is 1.63. The number of hydrogen-bond donors (Lipinski definition) is 0. The van der Waals surface area contributed by atoms with E-state index in [1.165, 1.54) is 6.42 Å². The Labute approximate surface area is 136 Å². The molecule has 23 heavy (non-hydrogen) atoms. The number of amides is 1. The van der Waals surface area contributed by atoms with Gasteiger partial charge < -0.3 is 14.2 Å². The molecule has 0 unspecified atom stereocenters. The lowest BCUT2D eigenvalue weighted by atomic mass is 10.1. The van der Waals surface area contributed by atoms with Crippen molar-refractivity contribution in [3.63, 3.8) is 0 Å². The zero-order valence-electron chi connectivity index (χ0n) is 13.5. The summed E-state index contributed by atoms with van der Waals surface area (Å²) in [5.74, 6) is 0.899. The molecule has 1 fully saturated rings. The molecule has 1 aromatic carbocycles. The van der Waals surface area contributed by atoms with Gasteiger partial charge in [0.1, 0.15) is 12.4 Å². The van der Waals surface area contributed by atoms with Crippen LogP contribution in [-0.2, 0) is 16.1 Å². The number of rotatable bonds is 5. The van der Waals surface area contributed by atoms with E-state index in [1.807, 2.05) is 48.1 Å². The highest BCUT2D eigenvalue weighted by Gasteiger charge is 2.19. The zero-order chi connectivity index (χ0) is 16.1. The highest BCUT2D eigenvalue weighted by atomic mass is 16.5. The Morgan fingerprint density at radius 1 is 1.35 bits per heavy atom. The lowest BCUT2D eigenvalue weighted by Crippen LogP contribution is -2.38. The fourth-order valence-electron chi connectivity index (χ4n) is 2.91. The van der Waals surface area contributed by atoms with E-state index in [2.05, 4.69) is 4.98 Å². The lowest BCUT2D eigenvalue weighted by molar-refractivity contribution is -0.132. The molecular weight excluding hydrogens is 290 g/mol. The molecule has 1 aliphatic rings. The molecule has 1 saturated heterocycles. The van der Waals surface area contributed by atoms with Gasteiger partial charge in [0.15, 0.2) is 0 Å². The summed E-state index contributed by atoms with van der Waals surface area (Å²) in [6.07, 6.45) is 7.12. The van der Waals surface area contributed by atoms with Crippen LogP contribution in [0, 0.1) is 0 Å². The third kappa shape index (κ3) is 3.99. The molecule has 5 heteroatoms. The Morgan fingerprint density at radius 3 is 2.91 bits per heavy atom. The molecule has 1 amide bonds. The van der Waals surface area contributed by atoms with Crippen LogP contribution in [0.4, 0.5) is 0 Å². The minimum absolute atomic E-state index is 0.0781. The molecule has 5 nitrogen and oxygen atoms in total. The maximum absolute atomic E-state index is 12.5. The molecule has 0 saturated carbocycles. The molecule has 3 rings (SSSR count). The molecule has 1 aliphatic heterocycles. The molecule has 1 aromatic heterocycles. The molecule has 0 radical (unpaired) electrons. The quantitative estimate of drug-likeness (QED) is 0.852. The van der Waals surface area contributed by atoms with Gasteiger partial charge >= 0.3 is 0 Å². The summed E-state index contributed by atoms with van der Waals surface area (Å²) in [5.41, 5.74) is 1.02. The van der Waals surface area contributed by atoms with Crippen molar-refractivity contribution in [2.24, 2.45) is 0 Å². The number of imidazole rings is 1. The molecule has 0 N–H and O–H groups in total. The second-order valence-electron chi connectivity index (χ2n) is 6.01. The van der Waals surface area contributed by atoms with Gasteiger partial charge in [-0.15, -0.1) is 0 Å². The van der Waals surface area contributed by atoms with E-state index in [4.69, 9.17) is 4.74 Å².